The van der Waals surface area contributed by atoms with Crippen molar-refractivity contribution in [1.82, 2.24) is 10.3 Å². The second kappa shape index (κ2) is 5.35. The van der Waals surface area contributed by atoms with Crippen LogP contribution in [0.25, 0.3) is 0 Å². The number of anilines is 1. The fraction of sp³-hybridized carbons (Fsp3) is 0.538. The molecule has 5 heteroatoms. The lowest BCUT2D eigenvalue weighted by Crippen LogP contribution is -2.42. The summed E-state index contributed by atoms with van der Waals surface area (Å²) >= 11 is 0. The summed E-state index contributed by atoms with van der Waals surface area (Å²) in [5.74, 6) is 0.210. The van der Waals surface area contributed by atoms with Crippen molar-refractivity contribution in [2.24, 2.45) is 11.1 Å². The standard InChI is InChI=1S/C13H20N4O/c1-13(6-3-7-15-8-13)9-16-11-5-2-4-10(17-11)12(14)18/h2,4-5,15H,3,6-9H2,1H3,(H2,14,18)(H,16,17). The molecule has 0 spiro atoms. The average molecular weight is 248 g/mol. The van der Waals surface area contributed by atoms with Crippen LogP contribution in [0.15, 0.2) is 18.2 Å². The van der Waals surface area contributed by atoms with E-state index in [1.54, 1.807) is 12.1 Å². The Labute approximate surface area is 107 Å². The minimum atomic E-state index is -0.496. The number of piperidine rings is 1. The SMILES string of the molecule is CC1(CNc2cccc(C(N)=O)n2)CCCNC1. The van der Waals surface area contributed by atoms with E-state index in [1.807, 2.05) is 6.07 Å². The van der Waals surface area contributed by atoms with Gasteiger partial charge in [0, 0.05) is 13.1 Å². The lowest BCUT2D eigenvalue weighted by molar-refractivity contribution is 0.0995. The average Bonchev–Trinajstić information content (AvgIpc) is 2.38. The molecule has 0 aromatic carbocycles. The Morgan fingerprint density at radius 2 is 2.44 bits per heavy atom. The number of carbonyl (C=O) groups is 1. The molecule has 1 amide bonds. The van der Waals surface area contributed by atoms with E-state index in [0.717, 1.165) is 19.6 Å². The monoisotopic (exact) mass is 248 g/mol. The summed E-state index contributed by atoms with van der Waals surface area (Å²) in [7, 11) is 0. The Morgan fingerprint density at radius 3 is 3.11 bits per heavy atom. The summed E-state index contributed by atoms with van der Waals surface area (Å²) in [4.78, 5) is 15.2. The van der Waals surface area contributed by atoms with Gasteiger partial charge in [-0.2, -0.15) is 0 Å². The first-order valence-corrected chi connectivity index (χ1v) is 6.31. The number of pyridine rings is 1. The van der Waals surface area contributed by atoms with Crippen molar-refractivity contribution in [2.45, 2.75) is 19.8 Å². The maximum Gasteiger partial charge on any atom is 0.267 e. The van der Waals surface area contributed by atoms with E-state index in [1.165, 1.54) is 12.8 Å². The lowest BCUT2D eigenvalue weighted by Gasteiger charge is -2.34. The number of carbonyl (C=O) groups excluding carboxylic acids is 1. The second-order valence-corrected chi connectivity index (χ2v) is 5.22. The van der Waals surface area contributed by atoms with E-state index < -0.39 is 5.91 Å². The van der Waals surface area contributed by atoms with Gasteiger partial charge in [0.15, 0.2) is 0 Å². The normalized spacial score (nSPS) is 23.6. The maximum absolute atomic E-state index is 11.0. The number of nitrogens with one attached hydrogen (secondary N) is 2. The zero-order valence-corrected chi connectivity index (χ0v) is 10.7. The summed E-state index contributed by atoms with van der Waals surface area (Å²) < 4.78 is 0. The number of hydrogen-bond acceptors (Lipinski definition) is 4. The molecule has 1 unspecified atom stereocenters. The fourth-order valence-corrected chi connectivity index (χ4v) is 2.24. The largest absolute Gasteiger partial charge is 0.369 e. The van der Waals surface area contributed by atoms with Crippen LogP contribution in [0, 0.1) is 5.41 Å². The van der Waals surface area contributed by atoms with Gasteiger partial charge in [-0.3, -0.25) is 4.79 Å². The fourth-order valence-electron chi connectivity index (χ4n) is 2.24. The predicted molar refractivity (Wildman–Crippen MR) is 71.5 cm³/mol. The summed E-state index contributed by atoms with van der Waals surface area (Å²) in [5.41, 5.74) is 5.75. The van der Waals surface area contributed by atoms with Gasteiger partial charge in [-0.15, -0.1) is 0 Å². The van der Waals surface area contributed by atoms with Crippen LogP contribution in [0.2, 0.25) is 0 Å². The van der Waals surface area contributed by atoms with E-state index >= 15 is 0 Å². The first-order chi connectivity index (χ1) is 8.59. The number of amides is 1. The van der Waals surface area contributed by atoms with Gasteiger partial charge in [0.1, 0.15) is 11.5 Å². The van der Waals surface area contributed by atoms with E-state index in [4.69, 9.17) is 5.73 Å². The number of nitrogens with two attached hydrogens (primary N) is 1. The minimum Gasteiger partial charge on any atom is -0.369 e. The molecule has 1 aliphatic rings. The highest BCUT2D eigenvalue weighted by molar-refractivity contribution is 5.91. The third-order valence-corrected chi connectivity index (χ3v) is 3.38. The molecule has 0 saturated carbocycles. The molecule has 0 aliphatic carbocycles. The Bertz CT molecular complexity index is 427. The number of aromatic nitrogens is 1. The Balaban J connectivity index is 1.97. The molecule has 1 fully saturated rings. The van der Waals surface area contributed by atoms with Gasteiger partial charge in [-0.1, -0.05) is 13.0 Å². The lowest BCUT2D eigenvalue weighted by atomic mass is 9.83. The molecule has 0 radical (unpaired) electrons. The molecule has 1 saturated heterocycles. The smallest absolute Gasteiger partial charge is 0.267 e. The highest BCUT2D eigenvalue weighted by Crippen LogP contribution is 2.25. The summed E-state index contributed by atoms with van der Waals surface area (Å²) in [6.45, 7) is 5.21. The van der Waals surface area contributed by atoms with Crippen LogP contribution in [0.1, 0.15) is 30.3 Å². The highest BCUT2D eigenvalue weighted by atomic mass is 16.1. The summed E-state index contributed by atoms with van der Waals surface area (Å²) in [6.07, 6.45) is 2.40. The van der Waals surface area contributed by atoms with Crippen molar-refractivity contribution < 1.29 is 4.79 Å². The van der Waals surface area contributed by atoms with Crippen molar-refractivity contribution in [2.75, 3.05) is 25.0 Å². The molecule has 1 atom stereocenters. The van der Waals surface area contributed by atoms with Crippen LogP contribution < -0.4 is 16.4 Å². The Hall–Kier alpha value is -1.62. The molecule has 2 heterocycles. The molecule has 1 aliphatic heterocycles. The van der Waals surface area contributed by atoms with Crippen LogP contribution in [0.4, 0.5) is 5.82 Å². The molecular weight excluding hydrogens is 228 g/mol. The van der Waals surface area contributed by atoms with Gasteiger partial charge in [0.25, 0.3) is 5.91 Å². The van der Waals surface area contributed by atoms with Crippen molar-refractivity contribution in [3.8, 4) is 0 Å². The van der Waals surface area contributed by atoms with Gasteiger partial charge < -0.3 is 16.4 Å². The number of rotatable bonds is 4. The van der Waals surface area contributed by atoms with E-state index in [-0.39, 0.29) is 5.41 Å². The van der Waals surface area contributed by atoms with Gasteiger partial charge in [0.2, 0.25) is 0 Å². The quantitative estimate of drug-likeness (QED) is 0.742. The molecule has 4 N–H and O–H groups in total. The van der Waals surface area contributed by atoms with Crippen molar-refractivity contribution in [3.05, 3.63) is 23.9 Å². The molecule has 1 aromatic rings. The summed E-state index contributed by atoms with van der Waals surface area (Å²) in [5, 5.41) is 6.70. The number of primary amides is 1. The molecule has 5 nitrogen and oxygen atoms in total. The molecular formula is C13H20N4O. The topological polar surface area (TPSA) is 80.0 Å². The molecule has 0 bridgehead atoms. The van der Waals surface area contributed by atoms with Crippen LogP contribution in [-0.2, 0) is 0 Å². The highest BCUT2D eigenvalue weighted by Gasteiger charge is 2.26. The Kier molecular flexibility index (Phi) is 3.81. The zero-order valence-electron chi connectivity index (χ0n) is 10.7. The van der Waals surface area contributed by atoms with Crippen molar-refractivity contribution >= 4 is 11.7 Å². The molecule has 98 valence electrons. The van der Waals surface area contributed by atoms with Gasteiger partial charge in [-0.05, 0) is 36.9 Å². The second-order valence-electron chi connectivity index (χ2n) is 5.22. The first-order valence-electron chi connectivity index (χ1n) is 6.31. The van der Waals surface area contributed by atoms with Crippen LogP contribution >= 0.6 is 0 Å². The summed E-state index contributed by atoms with van der Waals surface area (Å²) in [6, 6.07) is 5.26. The zero-order chi connectivity index (χ0) is 13.0. The predicted octanol–water partition coefficient (Wildman–Crippen LogP) is 0.982. The number of nitrogens with zero attached hydrogens (tertiary/aromatic N) is 1. The number of hydrogen-bond donors (Lipinski definition) is 3. The third-order valence-electron chi connectivity index (χ3n) is 3.38. The minimum absolute atomic E-state index is 0.239. The molecule has 2 rings (SSSR count). The Morgan fingerprint density at radius 1 is 1.61 bits per heavy atom. The van der Waals surface area contributed by atoms with Gasteiger partial charge in [0.05, 0.1) is 0 Å². The molecule has 1 aromatic heterocycles. The maximum atomic E-state index is 11.0. The van der Waals surface area contributed by atoms with Crippen LogP contribution in [-0.4, -0.2) is 30.5 Å². The molecule has 18 heavy (non-hydrogen) atoms. The third kappa shape index (κ3) is 3.20. The van der Waals surface area contributed by atoms with Gasteiger partial charge >= 0.3 is 0 Å². The van der Waals surface area contributed by atoms with E-state index in [9.17, 15) is 4.79 Å². The van der Waals surface area contributed by atoms with E-state index in [0.29, 0.717) is 11.5 Å². The first kappa shape index (κ1) is 12.8. The van der Waals surface area contributed by atoms with Crippen LogP contribution in [0.5, 0.6) is 0 Å². The van der Waals surface area contributed by atoms with Crippen LogP contribution in [0.3, 0.4) is 0 Å². The van der Waals surface area contributed by atoms with Crippen molar-refractivity contribution in [1.29, 1.82) is 0 Å². The van der Waals surface area contributed by atoms with Gasteiger partial charge in [-0.25, -0.2) is 4.98 Å². The van der Waals surface area contributed by atoms with E-state index in [2.05, 4.69) is 22.5 Å². The van der Waals surface area contributed by atoms with Crippen molar-refractivity contribution in [3.63, 3.8) is 0 Å².